The van der Waals surface area contributed by atoms with E-state index in [1.807, 2.05) is 0 Å². The molecule has 0 bridgehead atoms. The van der Waals surface area contributed by atoms with E-state index >= 15 is 0 Å². The van der Waals surface area contributed by atoms with Crippen LogP contribution in [-0.2, 0) is 4.79 Å². The first-order valence-corrected chi connectivity index (χ1v) is 7.19. The van der Waals surface area contributed by atoms with Gasteiger partial charge in [-0.2, -0.15) is 0 Å². The summed E-state index contributed by atoms with van der Waals surface area (Å²) in [6, 6.07) is -1.23. The minimum absolute atomic E-state index is 0.134. The highest BCUT2D eigenvalue weighted by molar-refractivity contribution is 5.82. The lowest BCUT2D eigenvalue weighted by Crippen LogP contribution is -2.49. The van der Waals surface area contributed by atoms with E-state index in [1.54, 1.807) is 13.8 Å². The van der Waals surface area contributed by atoms with Crippen molar-refractivity contribution in [3.63, 3.8) is 0 Å². The van der Waals surface area contributed by atoms with Crippen LogP contribution in [0.1, 0.15) is 53.4 Å². The molecule has 112 valence electrons. The van der Waals surface area contributed by atoms with E-state index in [2.05, 4.69) is 24.5 Å². The molecule has 3 N–H and O–H groups in total. The molecule has 19 heavy (non-hydrogen) atoms. The van der Waals surface area contributed by atoms with Crippen LogP contribution in [0.25, 0.3) is 0 Å². The van der Waals surface area contributed by atoms with Crippen LogP contribution in [0.5, 0.6) is 0 Å². The number of carbonyl (C=O) groups is 2. The molecule has 0 saturated carbocycles. The predicted octanol–water partition coefficient (Wildman–Crippen LogP) is 2.61. The lowest BCUT2D eigenvalue weighted by molar-refractivity contribution is -0.140. The Hall–Kier alpha value is -1.26. The van der Waals surface area contributed by atoms with Gasteiger partial charge in [0, 0.05) is 6.54 Å². The van der Waals surface area contributed by atoms with Crippen molar-refractivity contribution in [3.05, 3.63) is 0 Å². The van der Waals surface area contributed by atoms with Crippen LogP contribution in [0, 0.1) is 11.8 Å². The summed E-state index contributed by atoms with van der Waals surface area (Å²) in [6.45, 7) is 8.40. The fourth-order valence-electron chi connectivity index (χ4n) is 1.89. The lowest BCUT2D eigenvalue weighted by atomic mass is 9.99. The van der Waals surface area contributed by atoms with E-state index in [1.165, 1.54) is 0 Å². The molecule has 0 aromatic heterocycles. The van der Waals surface area contributed by atoms with Gasteiger partial charge < -0.3 is 15.7 Å². The second kappa shape index (κ2) is 9.64. The molecule has 5 nitrogen and oxygen atoms in total. The third kappa shape index (κ3) is 7.70. The molecule has 0 heterocycles. The standard InChI is InChI=1S/C14H28N2O3/c1-5-7-8-11(6-2)9-15-14(19)16-12(10(3)4)13(17)18/h10-12H,5-9H2,1-4H3,(H,17,18)(H2,15,16,19)/t11?,12-/m0/s1. The van der Waals surface area contributed by atoms with Crippen LogP contribution >= 0.6 is 0 Å². The maximum atomic E-state index is 11.7. The molecule has 0 rings (SSSR count). The Labute approximate surface area is 116 Å². The minimum atomic E-state index is -0.997. The number of urea groups is 1. The second-order valence-corrected chi connectivity index (χ2v) is 5.33. The zero-order valence-corrected chi connectivity index (χ0v) is 12.5. The monoisotopic (exact) mass is 272 g/mol. The van der Waals surface area contributed by atoms with Crippen molar-refractivity contribution in [1.29, 1.82) is 0 Å². The molecule has 0 fully saturated rings. The van der Waals surface area contributed by atoms with Gasteiger partial charge in [0.1, 0.15) is 6.04 Å². The summed E-state index contributed by atoms with van der Waals surface area (Å²) in [7, 11) is 0. The molecule has 0 aliphatic rings. The van der Waals surface area contributed by atoms with Gasteiger partial charge >= 0.3 is 12.0 Å². The van der Waals surface area contributed by atoms with Crippen molar-refractivity contribution in [2.24, 2.45) is 11.8 Å². The Morgan fingerprint density at radius 3 is 2.26 bits per heavy atom. The number of unbranched alkanes of at least 4 members (excludes halogenated alkanes) is 1. The Bertz CT molecular complexity index is 280. The van der Waals surface area contributed by atoms with Crippen LogP contribution in [0.3, 0.4) is 0 Å². The number of nitrogens with one attached hydrogen (secondary N) is 2. The molecule has 0 aromatic rings. The van der Waals surface area contributed by atoms with Crippen LogP contribution < -0.4 is 10.6 Å². The van der Waals surface area contributed by atoms with Crippen LogP contribution in [-0.4, -0.2) is 29.7 Å². The van der Waals surface area contributed by atoms with E-state index in [9.17, 15) is 9.59 Å². The number of carboxylic acid groups (broad SMARTS) is 1. The average molecular weight is 272 g/mol. The fraction of sp³-hybridized carbons (Fsp3) is 0.857. The minimum Gasteiger partial charge on any atom is -0.480 e. The van der Waals surface area contributed by atoms with Gasteiger partial charge in [0.05, 0.1) is 0 Å². The zero-order chi connectivity index (χ0) is 14.8. The van der Waals surface area contributed by atoms with Crippen molar-refractivity contribution in [2.45, 2.75) is 59.4 Å². The molecular weight excluding hydrogens is 244 g/mol. The quantitative estimate of drug-likeness (QED) is 0.603. The predicted molar refractivity (Wildman–Crippen MR) is 76.1 cm³/mol. The van der Waals surface area contributed by atoms with Crippen LogP contribution in [0.4, 0.5) is 4.79 Å². The van der Waals surface area contributed by atoms with Gasteiger partial charge in [-0.15, -0.1) is 0 Å². The van der Waals surface area contributed by atoms with E-state index < -0.39 is 18.0 Å². The van der Waals surface area contributed by atoms with E-state index in [0.717, 1.165) is 25.7 Å². The van der Waals surface area contributed by atoms with Crippen LogP contribution in [0.2, 0.25) is 0 Å². The van der Waals surface area contributed by atoms with Crippen molar-refractivity contribution in [2.75, 3.05) is 6.54 Å². The summed E-state index contributed by atoms with van der Waals surface area (Å²) in [5.41, 5.74) is 0. The molecule has 0 aliphatic heterocycles. The van der Waals surface area contributed by atoms with Crippen molar-refractivity contribution >= 4 is 12.0 Å². The van der Waals surface area contributed by atoms with Gasteiger partial charge in [0.2, 0.25) is 0 Å². The Balaban J connectivity index is 4.11. The number of carbonyl (C=O) groups excluding carboxylic acids is 1. The first-order valence-electron chi connectivity index (χ1n) is 7.19. The first-order chi connectivity index (χ1) is 8.92. The van der Waals surface area contributed by atoms with Crippen molar-refractivity contribution < 1.29 is 14.7 Å². The molecule has 2 amide bonds. The molecule has 0 radical (unpaired) electrons. The summed E-state index contributed by atoms with van der Waals surface area (Å²) in [6.07, 6.45) is 4.43. The lowest BCUT2D eigenvalue weighted by Gasteiger charge is -2.20. The smallest absolute Gasteiger partial charge is 0.326 e. The summed E-state index contributed by atoms with van der Waals surface area (Å²) >= 11 is 0. The summed E-state index contributed by atoms with van der Waals surface area (Å²) < 4.78 is 0. The molecule has 0 aliphatic carbocycles. The maximum Gasteiger partial charge on any atom is 0.326 e. The SMILES string of the molecule is CCCCC(CC)CNC(=O)N[C@H](C(=O)O)C(C)C. The Kier molecular flexibility index (Phi) is 9.00. The average Bonchev–Trinajstić information content (AvgIpc) is 2.35. The number of rotatable bonds is 9. The van der Waals surface area contributed by atoms with Gasteiger partial charge in [0.25, 0.3) is 0 Å². The normalized spacial score (nSPS) is 13.9. The van der Waals surface area contributed by atoms with E-state index in [0.29, 0.717) is 12.5 Å². The molecule has 0 aromatic carbocycles. The fourth-order valence-corrected chi connectivity index (χ4v) is 1.89. The van der Waals surface area contributed by atoms with Gasteiger partial charge in [-0.25, -0.2) is 9.59 Å². The number of hydrogen-bond donors (Lipinski definition) is 3. The molecule has 1 unspecified atom stereocenters. The molecule has 2 atom stereocenters. The van der Waals surface area contributed by atoms with Gasteiger partial charge in [-0.3, -0.25) is 0 Å². The molecule has 0 saturated heterocycles. The summed E-state index contributed by atoms with van der Waals surface area (Å²) in [4.78, 5) is 22.6. The van der Waals surface area contributed by atoms with Gasteiger partial charge in [-0.1, -0.05) is 47.0 Å². The Morgan fingerprint density at radius 1 is 1.21 bits per heavy atom. The highest BCUT2D eigenvalue weighted by Gasteiger charge is 2.23. The van der Waals surface area contributed by atoms with Crippen molar-refractivity contribution in [3.8, 4) is 0 Å². The van der Waals surface area contributed by atoms with E-state index in [-0.39, 0.29) is 5.92 Å². The van der Waals surface area contributed by atoms with Gasteiger partial charge in [-0.05, 0) is 18.3 Å². The molecule has 5 heteroatoms. The number of hydrogen-bond acceptors (Lipinski definition) is 2. The van der Waals surface area contributed by atoms with Crippen LogP contribution in [0.15, 0.2) is 0 Å². The number of aliphatic carboxylic acids is 1. The van der Waals surface area contributed by atoms with Gasteiger partial charge in [0.15, 0.2) is 0 Å². The topological polar surface area (TPSA) is 78.4 Å². The first kappa shape index (κ1) is 17.7. The third-order valence-electron chi connectivity index (χ3n) is 3.31. The maximum absolute atomic E-state index is 11.7. The summed E-state index contributed by atoms with van der Waals surface area (Å²) in [5, 5.41) is 14.3. The highest BCUT2D eigenvalue weighted by atomic mass is 16.4. The summed E-state index contributed by atoms with van der Waals surface area (Å²) in [5.74, 6) is -0.665. The highest BCUT2D eigenvalue weighted by Crippen LogP contribution is 2.11. The second-order valence-electron chi connectivity index (χ2n) is 5.33. The molecular formula is C14H28N2O3. The third-order valence-corrected chi connectivity index (χ3v) is 3.31. The largest absolute Gasteiger partial charge is 0.480 e. The molecule has 0 spiro atoms. The van der Waals surface area contributed by atoms with Crippen molar-refractivity contribution in [1.82, 2.24) is 10.6 Å². The number of amides is 2. The van der Waals surface area contributed by atoms with E-state index in [4.69, 9.17) is 5.11 Å². The number of carboxylic acids is 1. The Morgan fingerprint density at radius 2 is 1.84 bits per heavy atom. The zero-order valence-electron chi connectivity index (χ0n) is 12.5.